The van der Waals surface area contributed by atoms with E-state index in [1.54, 1.807) is 0 Å². The largest absolute Gasteiger partial charge is 0.456 e. The quantitative estimate of drug-likeness (QED) is 0.191. The first-order valence-corrected chi connectivity index (χ1v) is 17.1. The third kappa shape index (κ3) is 3.78. The minimum absolute atomic E-state index is 0.909. The molecule has 0 saturated heterocycles. The van der Waals surface area contributed by atoms with E-state index in [-0.39, 0.29) is 0 Å². The van der Waals surface area contributed by atoms with Crippen molar-refractivity contribution in [3.8, 4) is 22.5 Å². The zero-order valence-electron chi connectivity index (χ0n) is 26.7. The highest BCUT2D eigenvalue weighted by atomic mass is 16.3. The molecule has 0 spiro atoms. The Morgan fingerprint density at radius 1 is 0.510 bits per heavy atom. The van der Waals surface area contributed by atoms with Gasteiger partial charge in [0.15, 0.2) is 0 Å². The zero-order valence-corrected chi connectivity index (χ0v) is 26.7. The van der Waals surface area contributed by atoms with Crippen molar-refractivity contribution in [2.45, 2.75) is 12.8 Å². The first kappa shape index (κ1) is 26.7. The molecule has 1 aliphatic carbocycles. The summed E-state index contributed by atoms with van der Waals surface area (Å²) < 4.78 is 11.3. The number of furan rings is 1. The number of nitrogens with zero attached hydrogens (tertiary/aromatic N) is 2. The maximum atomic E-state index is 6.35. The summed E-state index contributed by atoms with van der Waals surface area (Å²) in [4.78, 5) is 0. The minimum Gasteiger partial charge on any atom is -0.456 e. The number of aryl methyl sites for hydroxylation is 1. The van der Waals surface area contributed by atoms with Crippen LogP contribution in [0.4, 0.5) is 0 Å². The second-order valence-corrected chi connectivity index (χ2v) is 13.2. The molecular formula is C46H30N2O. The number of para-hydroxylation sites is 2. The second kappa shape index (κ2) is 10.1. The number of rotatable bonds is 3. The molecule has 3 heteroatoms. The Labute approximate surface area is 282 Å². The summed E-state index contributed by atoms with van der Waals surface area (Å²) in [5.74, 6) is 0. The molecule has 0 saturated carbocycles. The lowest BCUT2D eigenvalue weighted by Gasteiger charge is -2.13. The fraction of sp³-hybridized carbons (Fsp3) is 0.0435. The highest BCUT2D eigenvalue weighted by molar-refractivity contribution is 6.17. The van der Waals surface area contributed by atoms with Gasteiger partial charge in [-0.15, -0.1) is 0 Å². The predicted molar refractivity (Wildman–Crippen MR) is 205 cm³/mol. The van der Waals surface area contributed by atoms with Crippen LogP contribution in [0.3, 0.4) is 0 Å². The van der Waals surface area contributed by atoms with Gasteiger partial charge < -0.3 is 13.6 Å². The molecule has 49 heavy (non-hydrogen) atoms. The normalized spacial score (nSPS) is 13.1. The number of allylic oxidation sites excluding steroid dienone is 1. The van der Waals surface area contributed by atoms with Gasteiger partial charge in [-0.3, -0.25) is 0 Å². The lowest BCUT2D eigenvalue weighted by molar-refractivity contribution is 0.669. The van der Waals surface area contributed by atoms with Crippen molar-refractivity contribution in [1.29, 1.82) is 0 Å². The van der Waals surface area contributed by atoms with E-state index in [1.165, 1.54) is 71.6 Å². The smallest absolute Gasteiger partial charge is 0.137 e. The molecule has 230 valence electrons. The monoisotopic (exact) mass is 626 g/mol. The maximum Gasteiger partial charge on any atom is 0.137 e. The van der Waals surface area contributed by atoms with Gasteiger partial charge in [0.2, 0.25) is 0 Å². The first-order chi connectivity index (χ1) is 24.3. The fourth-order valence-corrected chi connectivity index (χ4v) is 8.44. The molecule has 0 atom stereocenters. The Morgan fingerprint density at radius 2 is 1.22 bits per heavy atom. The minimum atomic E-state index is 0.909. The molecule has 0 bridgehead atoms. The molecular weight excluding hydrogens is 597 g/mol. The summed E-state index contributed by atoms with van der Waals surface area (Å²) in [6.45, 7) is 0. The van der Waals surface area contributed by atoms with Crippen LogP contribution in [-0.2, 0) is 6.42 Å². The van der Waals surface area contributed by atoms with Crippen LogP contribution in [0.1, 0.15) is 17.7 Å². The SMILES string of the molecule is C1=Cc2c(c3cc4c(cc3n2-c2ccc(-c3cccc5ccccc35)cc2)c2ccccc2n4-c2cccc3oc4ccccc4c23)CC1. The summed E-state index contributed by atoms with van der Waals surface area (Å²) in [5.41, 5.74) is 13.0. The molecule has 0 amide bonds. The van der Waals surface area contributed by atoms with E-state index in [4.69, 9.17) is 4.42 Å². The summed E-state index contributed by atoms with van der Waals surface area (Å²) in [5, 5.41) is 8.65. The Hall–Kier alpha value is -6.32. The van der Waals surface area contributed by atoms with Gasteiger partial charge in [-0.05, 0) is 94.9 Å². The average molecular weight is 627 g/mol. The summed E-state index contributed by atoms with van der Waals surface area (Å²) in [6, 6.07) is 52.9. The van der Waals surface area contributed by atoms with Crippen LogP contribution in [0.2, 0.25) is 0 Å². The predicted octanol–water partition coefficient (Wildman–Crippen LogP) is 12.4. The van der Waals surface area contributed by atoms with Gasteiger partial charge in [-0.1, -0.05) is 103 Å². The highest BCUT2D eigenvalue weighted by Crippen LogP contribution is 2.43. The van der Waals surface area contributed by atoms with Gasteiger partial charge in [0.1, 0.15) is 11.2 Å². The van der Waals surface area contributed by atoms with Crippen LogP contribution in [-0.4, -0.2) is 9.13 Å². The third-order valence-corrected chi connectivity index (χ3v) is 10.6. The van der Waals surface area contributed by atoms with Crippen LogP contribution in [0.5, 0.6) is 0 Å². The average Bonchev–Trinajstić information content (AvgIpc) is 3.81. The van der Waals surface area contributed by atoms with E-state index in [2.05, 4.69) is 161 Å². The molecule has 11 rings (SSSR count). The first-order valence-electron chi connectivity index (χ1n) is 17.1. The van der Waals surface area contributed by atoms with Crippen molar-refractivity contribution in [3.63, 3.8) is 0 Å². The zero-order chi connectivity index (χ0) is 32.1. The maximum absolute atomic E-state index is 6.35. The number of hydrogen-bond donors (Lipinski definition) is 0. The van der Waals surface area contributed by atoms with Crippen LogP contribution in [0.15, 0.2) is 156 Å². The lowest BCUT2D eigenvalue weighted by Crippen LogP contribution is -2.00. The molecule has 0 radical (unpaired) electrons. The summed E-state index contributed by atoms with van der Waals surface area (Å²) in [6.07, 6.45) is 6.72. The van der Waals surface area contributed by atoms with E-state index < -0.39 is 0 Å². The molecule has 1 aliphatic rings. The lowest BCUT2D eigenvalue weighted by atomic mass is 9.98. The van der Waals surface area contributed by atoms with Gasteiger partial charge in [-0.25, -0.2) is 0 Å². The Bertz CT molecular complexity index is 2980. The number of aromatic nitrogens is 2. The fourth-order valence-electron chi connectivity index (χ4n) is 8.44. The highest BCUT2D eigenvalue weighted by Gasteiger charge is 2.23. The topological polar surface area (TPSA) is 23.0 Å². The van der Waals surface area contributed by atoms with Crippen molar-refractivity contribution in [2.24, 2.45) is 0 Å². The number of fused-ring (bicyclic) bond motifs is 10. The van der Waals surface area contributed by atoms with Crippen LogP contribution < -0.4 is 0 Å². The van der Waals surface area contributed by atoms with Crippen molar-refractivity contribution in [3.05, 3.63) is 163 Å². The molecule has 3 nitrogen and oxygen atoms in total. The van der Waals surface area contributed by atoms with Gasteiger partial charge >= 0.3 is 0 Å². The van der Waals surface area contributed by atoms with Crippen molar-refractivity contribution in [1.82, 2.24) is 9.13 Å². The summed E-state index contributed by atoms with van der Waals surface area (Å²) in [7, 11) is 0. The van der Waals surface area contributed by atoms with E-state index in [9.17, 15) is 0 Å². The Kier molecular flexibility index (Phi) is 5.50. The molecule has 3 heterocycles. The Morgan fingerprint density at radius 3 is 2.14 bits per heavy atom. The van der Waals surface area contributed by atoms with Gasteiger partial charge in [-0.2, -0.15) is 0 Å². The van der Waals surface area contributed by atoms with Crippen LogP contribution in [0.25, 0.3) is 94.0 Å². The van der Waals surface area contributed by atoms with Crippen molar-refractivity contribution < 1.29 is 4.42 Å². The number of benzene rings is 7. The molecule has 3 aromatic heterocycles. The summed E-state index contributed by atoms with van der Waals surface area (Å²) >= 11 is 0. The van der Waals surface area contributed by atoms with Gasteiger partial charge in [0.25, 0.3) is 0 Å². The van der Waals surface area contributed by atoms with Crippen LogP contribution in [0, 0.1) is 0 Å². The van der Waals surface area contributed by atoms with Crippen molar-refractivity contribution in [2.75, 3.05) is 0 Å². The molecule has 0 fully saturated rings. The third-order valence-electron chi connectivity index (χ3n) is 10.6. The second-order valence-electron chi connectivity index (χ2n) is 13.2. The molecule has 0 aliphatic heterocycles. The number of hydrogen-bond acceptors (Lipinski definition) is 1. The molecule has 7 aromatic carbocycles. The van der Waals surface area contributed by atoms with E-state index >= 15 is 0 Å². The standard InChI is InChI=1S/C46H30N2O/c1-2-13-32-29(11-1)12-9-17-33(32)30-23-25-31(26-24-30)47-39-18-6-3-14-34(39)37-28-43-38(27-42(37)47)35-15-4-7-19-40(35)48(43)41-20-10-22-45-46(41)36-16-5-8-21-44(36)49-45/h1-2,4-13,15-28H,3,14H2. The Balaban J connectivity index is 1.17. The van der Waals surface area contributed by atoms with E-state index in [0.717, 1.165) is 40.5 Å². The van der Waals surface area contributed by atoms with E-state index in [0.29, 0.717) is 0 Å². The van der Waals surface area contributed by atoms with E-state index in [1.807, 2.05) is 6.07 Å². The molecule has 0 unspecified atom stereocenters. The van der Waals surface area contributed by atoms with Gasteiger partial charge in [0, 0.05) is 32.9 Å². The van der Waals surface area contributed by atoms with Gasteiger partial charge in [0.05, 0.1) is 27.6 Å². The van der Waals surface area contributed by atoms with Crippen molar-refractivity contribution >= 4 is 71.5 Å². The molecule has 10 aromatic rings. The van der Waals surface area contributed by atoms with Crippen LogP contribution >= 0.6 is 0 Å². The molecule has 0 N–H and O–H groups in total.